The highest BCUT2D eigenvalue weighted by Gasteiger charge is 1.90. The Hall–Kier alpha value is -0.900. The minimum absolute atomic E-state index is 0.350. The summed E-state index contributed by atoms with van der Waals surface area (Å²) in [5, 5.41) is 0. The van der Waals surface area contributed by atoms with Gasteiger partial charge in [0.1, 0.15) is 0 Å². The third kappa shape index (κ3) is 4.96. The van der Waals surface area contributed by atoms with E-state index in [0.717, 1.165) is 0 Å². The molecule has 0 bridgehead atoms. The minimum atomic E-state index is -0.676. The summed E-state index contributed by atoms with van der Waals surface area (Å²) in [7, 11) is 1.53. The Morgan fingerprint density at radius 1 is 1.78 bits per heavy atom. The van der Waals surface area contributed by atoms with Gasteiger partial charge in [-0.25, -0.2) is 9.79 Å². The number of rotatable bonds is 2. The molecule has 0 heterocycles. The fraction of sp³-hybridized carbons (Fsp3) is 0.600. The second-order valence-corrected chi connectivity index (χ2v) is 1.62. The van der Waals surface area contributed by atoms with E-state index >= 15 is 0 Å². The Kier molecular flexibility index (Phi) is 3.62. The number of ether oxygens (including phenoxy) is 1. The van der Waals surface area contributed by atoms with Crippen molar-refractivity contribution in [3.05, 3.63) is 0 Å². The zero-order valence-corrected chi connectivity index (χ0v) is 5.55. The number of carbonyl (C=O) groups is 1. The number of hydrogen-bond acceptors (Lipinski definition) is 2. The van der Waals surface area contributed by atoms with E-state index in [-0.39, 0.29) is 0 Å². The van der Waals surface area contributed by atoms with Crippen molar-refractivity contribution in [2.24, 2.45) is 10.7 Å². The maximum absolute atomic E-state index is 10.1. The van der Waals surface area contributed by atoms with Crippen LogP contribution in [0.25, 0.3) is 0 Å². The molecule has 0 aliphatic heterocycles. The van der Waals surface area contributed by atoms with Gasteiger partial charge in [0, 0.05) is 12.8 Å². The molecule has 0 aromatic rings. The summed E-state index contributed by atoms with van der Waals surface area (Å²) in [6.07, 6.45) is 0. The highest BCUT2D eigenvalue weighted by molar-refractivity contribution is 5.93. The Morgan fingerprint density at radius 2 is 2.33 bits per heavy atom. The molecule has 2 amide bonds. The number of amides is 2. The highest BCUT2D eigenvalue weighted by atomic mass is 16.5. The molecule has 0 saturated carbocycles. The average molecular weight is 130 g/mol. The molecule has 0 saturated heterocycles. The van der Waals surface area contributed by atoms with E-state index in [1.54, 1.807) is 6.92 Å². The number of nitrogens with two attached hydrogens (primary N) is 1. The molecule has 0 rings (SSSR count). The first-order valence-corrected chi connectivity index (χ1v) is 2.49. The van der Waals surface area contributed by atoms with Crippen molar-refractivity contribution in [1.29, 1.82) is 0 Å². The van der Waals surface area contributed by atoms with Crippen LogP contribution < -0.4 is 5.73 Å². The maximum Gasteiger partial charge on any atom is 0.338 e. The summed E-state index contributed by atoms with van der Waals surface area (Å²) >= 11 is 0. The first-order valence-electron chi connectivity index (χ1n) is 2.49. The van der Waals surface area contributed by atoms with Gasteiger partial charge in [-0.1, -0.05) is 0 Å². The first kappa shape index (κ1) is 8.10. The molecule has 9 heavy (non-hydrogen) atoms. The topological polar surface area (TPSA) is 64.7 Å². The number of primary amides is 1. The van der Waals surface area contributed by atoms with Crippen LogP contribution in [0.5, 0.6) is 0 Å². The normalized spacial score (nSPS) is 11.6. The van der Waals surface area contributed by atoms with Gasteiger partial charge in [0.25, 0.3) is 0 Å². The van der Waals surface area contributed by atoms with Gasteiger partial charge in [0.2, 0.25) is 0 Å². The van der Waals surface area contributed by atoms with Crippen LogP contribution in [0.15, 0.2) is 4.99 Å². The van der Waals surface area contributed by atoms with Gasteiger partial charge >= 0.3 is 6.03 Å². The molecule has 0 radical (unpaired) electrons. The molecule has 0 unspecified atom stereocenters. The summed E-state index contributed by atoms with van der Waals surface area (Å²) < 4.78 is 4.67. The van der Waals surface area contributed by atoms with E-state index in [4.69, 9.17) is 5.73 Å². The van der Waals surface area contributed by atoms with Crippen molar-refractivity contribution >= 4 is 11.7 Å². The third-order valence-electron chi connectivity index (χ3n) is 0.654. The third-order valence-corrected chi connectivity index (χ3v) is 0.654. The molecule has 0 aromatic heterocycles. The number of aliphatic imine (C=N–C) groups is 1. The summed E-state index contributed by atoms with van der Waals surface area (Å²) in [5.41, 5.74) is 5.33. The molecule has 0 atom stereocenters. The van der Waals surface area contributed by atoms with Crippen molar-refractivity contribution in [2.75, 3.05) is 13.7 Å². The van der Waals surface area contributed by atoms with E-state index in [0.29, 0.717) is 12.3 Å². The Labute approximate surface area is 53.7 Å². The molecule has 0 aromatic carbocycles. The van der Waals surface area contributed by atoms with Crippen LogP contribution >= 0.6 is 0 Å². The summed E-state index contributed by atoms with van der Waals surface area (Å²) in [6.45, 7) is 2.02. The van der Waals surface area contributed by atoms with E-state index in [1.807, 2.05) is 0 Å². The Bertz CT molecular complexity index is 131. The first-order chi connectivity index (χ1) is 4.16. The van der Waals surface area contributed by atoms with Gasteiger partial charge in [-0.15, -0.1) is 0 Å². The summed E-state index contributed by atoms with van der Waals surface area (Å²) in [6, 6.07) is -0.676. The lowest BCUT2D eigenvalue weighted by molar-refractivity contribution is 0.243. The maximum atomic E-state index is 10.1. The second kappa shape index (κ2) is 4.03. The summed E-state index contributed by atoms with van der Waals surface area (Å²) in [5.74, 6) is 0. The number of hydrogen-bond donors (Lipinski definition) is 1. The number of nitrogens with zero attached hydrogens (tertiary/aromatic N) is 1. The molecular weight excluding hydrogens is 120 g/mol. The fourth-order valence-corrected chi connectivity index (χ4v) is 0.429. The van der Waals surface area contributed by atoms with Crippen LogP contribution in [0.2, 0.25) is 0 Å². The van der Waals surface area contributed by atoms with Crippen molar-refractivity contribution < 1.29 is 9.53 Å². The monoisotopic (exact) mass is 130 g/mol. The predicted octanol–water partition coefficient (Wildman–Crippen LogP) is 0.172. The molecular formula is C5H10N2O2. The molecule has 0 spiro atoms. The number of urea groups is 1. The van der Waals surface area contributed by atoms with Gasteiger partial charge in [0.15, 0.2) is 0 Å². The molecule has 4 nitrogen and oxygen atoms in total. The van der Waals surface area contributed by atoms with Crippen LogP contribution in [-0.2, 0) is 4.74 Å². The molecule has 4 heteroatoms. The van der Waals surface area contributed by atoms with Gasteiger partial charge in [-0.2, -0.15) is 0 Å². The van der Waals surface area contributed by atoms with Gasteiger partial charge in [-0.05, 0) is 6.92 Å². The molecule has 52 valence electrons. The fourth-order valence-electron chi connectivity index (χ4n) is 0.429. The van der Waals surface area contributed by atoms with Crippen LogP contribution in [-0.4, -0.2) is 25.5 Å². The molecule has 0 fully saturated rings. The Balaban J connectivity index is 3.69. The zero-order chi connectivity index (χ0) is 7.28. The van der Waals surface area contributed by atoms with Crippen LogP contribution in [0.4, 0.5) is 4.79 Å². The standard InChI is InChI=1S/C5H10N2O2/c1-4(3-9-2)7-5(6)8/h3H2,1-2H3,(H2,6,8). The predicted molar refractivity (Wildman–Crippen MR) is 34.6 cm³/mol. The lowest BCUT2D eigenvalue weighted by Crippen LogP contribution is -2.10. The lowest BCUT2D eigenvalue weighted by atomic mass is 10.5. The smallest absolute Gasteiger partial charge is 0.338 e. The van der Waals surface area contributed by atoms with E-state index in [1.165, 1.54) is 7.11 Å². The number of carbonyl (C=O) groups excluding carboxylic acids is 1. The van der Waals surface area contributed by atoms with Crippen LogP contribution in [0.3, 0.4) is 0 Å². The van der Waals surface area contributed by atoms with Gasteiger partial charge in [-0.3, -0.25) is 0 Å². The molecule has 2 N–H and O–H groups in total. The SMILES string of the molecule is COCC(C)=NC(N)=O. The van der Waals surface area contributed by atoms with Crippen molar-refractivity contribution in [2.45, 2.75) is 6.92 Å². The zero-order valence-electron chi connectivity index (χ0n) is 5.55. The molecule has 0 aliphatic rings. The van der Waals surface area contributed by atoms with Crippen LogP contribution in [0.1, 0.15) is 6.92 Å². The van der Waals surface area contributed by atoms with E-state index in [9.17, 15) is 4.79 Å². The quantitative estimate of drug-likeness (QED) is 0.541. The van der Waals surface area contributed by atoms with E-state index < -0.39 is 6.03 Å². The Morgan fingerprint density at radius 3 is 2.67 bits per heavy atom. The lowest BCUT2D eigenvalue weighted by Gasteiger charge is -1.93. The van der Waals surface area contributed by atoms with Crippen molar-refractivity contribution in [3.8, 4) is 0 Å². The second-order valence-electron chi connectivity index (χ2n) is 1.62. The van der Waals surface area contributed by atoms with Gasteiger partial charge in [0.05, 0.1) is 6.61 Å². The summed E-state index contributed by atoms with van der Waals surface area (Å²) in [4.78, 5) is 13.5. The largest absolute Gasteiger partial charge is 0.379 e. The average Bonchev–Trinajstić information content (AvgIpc) is 1.63. The van der Waals surface area contributed by atoms with Gasteiger partial charge < -0.3 is 10.5 Å². The number of methoxy groups -OCH3 is 1. The highest BCUT2D eigenvalue weighted by Crippen LogP contribution is 1.77. The van der Waals surface area contributed by atoms with Crippen molar-refractivity contribution in [1.82, 2.24) is 0 Å². The van der Waals surface area contributed by atoms with E-state index in [2.05, 4.69) is 9.73 Å². The molecule has 0 aliphatic carbocycles. The van der Waals surface area contributed by atoms with Crippen LogP contribution in [0, 0.1) is 0 Å². The van der Waals surface area contributed by atoms with Crippen molar-refractivity contribution in [3.63, 3.8) is 0 Å². The minimum Gasteiger partial charge on any atom is -0.379 e.